The van der Waals surface area contributed by atoms with Crippen molar-refractivity contribution in [2.45, 2.75) is 57.9 Å². The molecule has 1 aromatic carbocycles. The average Bonchev–Trinajstić information content (AvgIpc) is 3.46. The van der Waals surface area contributed by atoms with E-state index in [0.717, 1.165) is 44.6 Å². The number of benzene rings is 1. The normalized spacial score (nSPS) is 23.3. The molecule has 0 unspecified atom stereocenters. The fourth-order valence-electron chi connectivity index (χ4n) is 4.01. The SMILES string of the molecule is CCOC(=O)C1CCC(NC(=NC)NCC2(Cc3ccccc3)CC2)CC1.I. The van der Waals surface area contributed by atoms with Gasteiger partial charge >= 0.3 is 5.97 Å². The number of nitrogens with one attached hydrogen (secondary N) is 2. The Balaban J connectivity index is 0.00000280. The van der Waals surface area contributed by atoms with Crippen molar-refractivity contribution in [2.75, 3.05) is 20.2 Å². The van der Waals surface area contributed by atoms with E-state index in [1.807, 2.05) is 14.0 Å². The molecule has 5 nitrogen and oxygen atoms in total. The van der Waals surface area contributed by atoms with Crippen LogP contribution in [0.2, 0.25) is 0 Å². The molecule has 156 valence electrons. The van der Waals surface area contributed by atoms with Gasteiger partial charge in [0.1, 0.15) is 0 Å². The minimum absolute atomic E-state index is 0. The lowest BCUT2D eigenvalue weighted by molar-refractivity contribution is -0.149. The van der Waals surface area contributed by atoms with Crippen LogP contribution >= 0.6 is 24.0 Å². The smallest absolute Gasteiger partial charge is 0.308 e. The van der Waals surface area contributed by atoms with E-state index < -0.39 is 0 Å². The van der Waals surface area contributed by atoms with Gasteiger partial charge in [0, 0.05) is 19.6 Å². The van der Waals surface area contributed by atoms with Crippen LogP contribution in [0, 0.1) is 11.3 Å². The molecule has 0 heterocycles. The Morgan fingerprint density at radius 2 is 1.86 bits per heavy atom. The van der Waals surface area contributed by atoms with Gasteiger partial charge in [-0.3, -0.25) is 9.79 Å². The molecule has 3 rings (SSSR count). The summed E-state index contributed by atoms with van der Waals surface area (Å²) in [6, 6.07) is 11.1. The van der Waals surface area contributed by atoms with Gasteiger partial charge in [-0.05, 0) is 62.8 Å². The summed E-state index contributed by atoms with van der Waals surface area (Å²) in [7, 11) is 1.83. The average molecular weight is 499 g/mol. The number of hydrogen-bond donors (Lipinski definition) is 2. The summed E-state index contributed by atoms with van der Waals surface area (Å²) in [5.41, 5.74) is 1.79. The predicted octanol–water partition coefficient (Wildman–Crippen LogP) is 3.91. The van der Waals surface area contributed by atoms with E-state index >= 15 is 0 Å². The second kappa shape index (κ2) is 11.0. The summed E-state index contributed by atoms with van der Waals surface area (Å²) >= 11 is 0. The molecule has 2 aliphatic carbocycles. The Bertz CT molecular complexity index is 638. The Morgan fingerprint density at radius 3 is 2.43 bits per heavy atom. The minimum Gasteiger partial charge on any atom is -0.466 e. The maximum atomic E-state index is 11.9. The highest BCUT2D eigenvalue weighted by molar-refractivity contribution is 14.0. The Morgan fingerprint density at radius 1 is 1.18 bits per heavy atom. The fraction of sp³-hybridized carbons (Fsp3) is 0.636. The van der Waals surface area contributed by atoms with Crippen molar-refractivity contribution in [3.05, 3.63) is 35.9 Å². The van der Waals surface area contributed by atoms with Gasteiger partial charge in [-0.1, -0.05) is 30.3 Å². The van der Waals surface area contributed by atoms with Crippen LogP contribution in [0.3, 0.4) is 0 Å². The van der Waals surface area contributed by atoms with Crippen molar-refractivity contribution >= 4 is 35.9 Å². The highest BCUT2D eigenvalue weighted by atomic mass is 127. The monoisotopic (exact) mass is 499 g/mol. The molecular weight excluding hydrogens is 465 g/mol. The van der Waals surface area contributed by atoms with E-state index in [4.69, 9.17) is 4.74 Å². The number of hydrogen-bond acceptors (Lipinski definition) is 3. The number of carbonyl (C=O) groups excluding carboxylic acids is 1. The molecule has 2 fully saturated rings. The number of nitrogens with zero attached hydrogens (tertiary/aromatic N) is 1. The van der Waals surface area contributed by atoms with E-state index in [1.165, 1.54) is 18.4 Å². The van der Waals surface area contributed by atoms with Crippen LogP contribution in [0.25, 0.3) is 0 Å². The summed E-state index contributed by atoms with van der Waals surface area (Å²) in [6.07, 6.45) is 7.44. The standard InChI is InChI=1S/C22H33N3O2.HI/c1-3-27-20(26)18-9-11-19(12-10-18)25-21(23-2)24-16-22(13-14-22)15-17-7-5-4-6-8-17;/h4-8,18-19H,3,9-16H2,1-2H3,(H2,23,24,25);1H. The zero-order chi connectivity index (χ0) is 19.1. The largest absolute Gasteiger partial charge is 0.466 e. The summed E-state index contributed by atoms with van der Waals surface area (Å²) in [5.74, 6) is 0.919. The van der Waals surface area contributed by atoms with Crippen molar-refractivity contribution in [3.63, 3.8) is 0 Å². The molecule has 0 saturated heterocycles. The van der Waals surface area contributed by atoms with E-state index in [9.17, 15) is 4.79 Å². The van der Waals surface area contributed by atoms with Gasteiger partial charge < -0.3 is 15.4 Å². The molecule has 0 spiro atoms. The number of aliphatic imine (C=N–C) groups is 1. The van der Waals surface area contributed by atoms with Crippen LogP contribution in [-0.2, 0) is 16.0 Å². The zero-order valence-corrected chi connectivity index (χ0v) is 19.4. The maximum Gasteiger partial charge on any atom is 0.308 e. The van der Waals surface area contributed by atoms with Crippen LogP contribution < -0.4 is 10.6 Å². The summed E-state index contributed by atoms with van der Waals surface area (Å²) in [5, 5.41) is 7.09. The van der Waals surface area contributed by atoms with Crippen molar-refractivity contribution < 1.29 is 9.53 Å². The molecule has 0 radical (unpaired) electrons. The lowest BCUT2D eigenvalue weighted by Crippen LogP contribution is -2.47. The molecule has 0 bridgehead atoms. The van der Waals surface area contributed by atoms with E-state index in [2.05, 4.69) is 46.0 Å². The van der Waals surface area contributed by atoms with Crippen LogP contribution in [0.4, 0.5) is 0 Å². The summed E-state index contributed by atoms with van der Waals surface area (Å²) < 4.78 is 5.16. The van der Waals surface area contributed by atoms with Crippen molar-refractivity contribution in [3.8, 4) is 0 Å². The Hall–Kier alpha value is -1.31. The first kappa shape index (κ1) is 23.0. The van der Waals surface area contributed by atoms with Crippen LogP contribution in [0.1, 0.15) is 51.0 Å². The molecule has 6 heteroatoms. The third-order valence-corrected chi connectivity index (χ3v) is 5.92. The topological polar surface area (TPSA) is 62.7 Å². The Labute approximate surface area is 186 Å². The summed E-state index contributed by atoms with van der Waals surface area (Å²) in [6.45, 7) is 3.29. The highest BCUT2D eigenvalue weighted by Crippen LogP contribution is 2.47. The van der Waals surface area contributed by atoms with Gasteiger partial charge in [-0.15, -0.1) is 24.0 Å². The van der Waals surface area contributed by atoms with Crippen LogP contribution in [0.15, 0.2) is 35.3 Å². The first-order valence-corrected chi connectivity index (χ1v) is 10.3. The van der Waals surface area contributed by atoms with Gasteiger partial charge in [-0.25, -0.2) is 0 Å². The van der Waals surface area contributed by atoms with Crippen LogP contribution in [0.5, 0.6) is 0 Å². The third kappa shape index (κ3) is 6.64. The van der Waals surface area contributed by atoms with Gasteiger partial charge in [0.2, 0.25) is 0 Å². The van der Waals surface area contributed by atoms with E-state index in [-0.39, 0.29) is 35.9 Å². The Kier molecular flexibility index (Phi) is 9.05. The van der Waals surface area contributed by atoms with Gasteiger partial charge in [0.05, 0.1) is 12.5 Å². The lowest BCUT2D eigenvalue weighted by atomic mass is 9.86. The van der Waals surface area contributed by atoms with E-state index in [0.29, 0.717) is 18.1 Å². The molecule has 0 atom stereocenters. The van der Waals surface area contributed by atoms with Crippen molar-refractivity contribution in [1.82, 2.24) is 10.6 Å². The molecule has 0 aromatic heterocycles. The second-order valence-electron chi connectivity index (χ2n) is 8.03. The number of carbonyl (C=O) groups is 1. The number of rotatable bonds is 7. The second-order valence-corrected chi connectivity index (χ2v) is 8.03. The van der Waals surface area contributed by atoms with Crippen molar-refractivity contribution in [2.24, 2.45) is 16.3 Å². The fourth-order valence-corrected chi connectivity index (χ4v) is 4.01. The lowest BCUT2D eigenvalue weighted by Gasteiger charge is -2.29. The van der Waals surface area contributed by atoms with E-state index in [1.54, 1.807) is 0 Å². The summed E-state index contributed by atoms with van der Waals surface area (Å²) in [4.78, 5) is 16.3. The van der Waals surface area contributed by atoms with Gasteiger partial charge in [0.25, 0.3) is 0 Å². The molecular formula is C22H34IN3O2. The first-order valence-electron chi connectivity index (χ1n) is 10.3. The third-order valence-electron chi connectivity index (χ3n) is 5.92. The number of guanidine groups is 1. The first-order chi connectivity index (χ1) is 13.1. The molecule has 2 N–H and O–H groups in total. The highest BCUT2D eigenvalue weighted by Gasteiger charge is 2.42. The molecule has 0 amide bonds. The minimum atomic E-state index is -0.0324. The predicted molar refractivity (Wildman–Crippen MR) is 124 cm³/mol. The van der Waals surface area contributed by atoms with Gasteiger partial charge in [-0.2, -0.15) is 0 Å². The maximum absolute atomic E-state index is 11.9. The van der Waals surface area contributed by atoms with Gasteiger partial charge in [0.15, 0.2) is 5.96 Å². The molecule has 28 heavy (non-hydrogen) atoms. The molecule has 2 aliphatic rings. The zero-order valence-electron chi connectivity index (χ0n) is 17.1. The van der Waals surface area contributed by atoms with Crippen molar-refractivity contribution in [1.29, 1.82) is 0 Å². The molecule has 2 saturated carbocycles. The number of ether oxygens (including phenoxy) is 1. The number of esters is 1. The quantitative estimate of drug-likeness (QED) is 0.259. The molecule has 1 aromatic rings. The number of halogens is 1. The van der Waals surface area contributed by atoms with Crippen LogP contribution in [-0.4, -0.2) is 38.2 Å². The molecule has 0 aliphatic heterocycles.